The zero-order valence-electron chi connectivity index (χ0n) is 11.9. The van der Waals surface area contributed by atoms with Crippen molar-refractivity contribution >= 4 is 0 Å². The molecular formula is C15H24O4. The van der Waals surface area contributed by atoms with Gasteiger partial charge in [0, 0.05) is 12.8 Å². The van der Waals surface area contributed by atoms with Gasteiger partial charge in [-0.2, -0.15) is 0 Å². The maximum Gasteiger partial charge on any atom is 0.204 e. The summed E-state index contributed by atoms with van der Waals surface area (Å²) >= 11 is 0. The molecule has 4 heteroatoms. The molecule has 4 saturated heterocycles. The van der Waals surface area contributed by atoms with E-state index in [1.54, 1.807) is 0 Å². The van der Waals surface area contributed by atoms with Gasteiger partial charge in [-0.25, -0.2) is 9.78 Å². The zero-order chi connectivity index (χ0) is 13.1. The quantitative estimate of drug-likeness (QED) is 0.685. The van der Waals surface area contributed by atoms with E-state index in [0.29, 0.717) is 17.8 Å². The maximum atomic E-state index is 6.26. The van der Waals surface area contributed by atoms with Crippen LogP contribution in [0.25, 0.3) is 0 Å². The molecule has 0 N–H and O–H groups in total. The van der Waals surface area contributed by atoms with Crippen LogP contribution < -0.4 is 0 Å². The van der Waals surface area contributed by atoms with E-state index in [1.165, 1.54) is 12.8 Å². The molecule has 1 saturated carbocycles. The summed E-state index contributed by atoms with van der Waals surface area (Å²) in [6, 6.07) is 0. The van der Waals surface area contributed by atoms with Crippen LogP contribution in [0.1, 0.15) is 52.4 Å². The fraction of sp³-hybridized carbons (Fsp3) is 1.00. The highest BCUT2D eigenvalue weighted by molar-refractivity contribution is 5.07. The highest BCUT2D eigenvalue weighted by atomic mass is 17.3. The predicted octanol–water partition coefficient (Wildman–Crippen LogP) is 3.01. The molecule has 0 radical (unpaired) electrons. The molecule has 5 aliphatic rings. The second kappa shape index (κ2) is 4.17. The fourth-order valence-electron chi connectivity index (χ4n) is 4.79. The normalized spacial score (nSPS) is 56.5. The average molecular weight is 268 g/mol. The molecule has 0 amide bonds. The molecule has 0 aromatic carbocycles. The van der Waals surface area contributed by atoms with Crippen LogP contribution in [-0.2, 0) is 19.2 Å². The molecule has 4 heterocycles. The molecule has 4 aliphatic heterocycles. The molecule has 0 unspecified atom stereocenters. The Morgan fingerprint density at radius 3 is 2.84 bits per heavy atom. The first kappa shape index (κ1) is 12.6. The third-order valence-corrected chi connectivity index (χ3v) is 6.01. The number of hydrogen-bond acceptors (Lipinski definition) is 4. The Balaban J connectivity index is 1.78. The average Bonchev–Trinajstić information content (AvgIpc) is 2.70. The third kappa shape index (κ3) is 1.54. The summed E-state index contributed by atoms with van der Waals surface area (Å²) in [5.74, 6) is 1.13. The highest BCUT2D eigenvalue weighted by Crippen LogP contribution is 2.58. The van der Waals surface area contributed by atoms with Gasteiger partial charge in [0.2, 0.25) is 5.79 Å². The molecule has 0 aromatic heterocycles. The maximum absolute atomic E-state index is 6.26. The number of hydrogen-bond donors (Lipinski definition) is 0. The first-order chi connectivity index (χ1) is 9.20. The first-order valence-corrected chi connectivity index (χ1v) is 7.86. The van der Waals surface area contributed by atoms with Crippen molar-refractivity contribution in [2.45, 2.75) is 70.1 Å². The van der Waals surface area contributed by atoms with Gasteiger partial charge in [0.15, 0.2) is 11.9 Å². The summed E-state index contributed by atoms with van der Waals surface area (Å²) < 4.78 is 12.2. The van der Waals surface area contributed by atoms with E-state index in [-0.39, 0.29) is 11.9 Å². The minimum absolute atomic E-state index is 0.227. The summed E-state index contributed by atoms with van der Waals surface area (Å²) in [7, 11) is 0. The predicted molar refractivity (Wildman–Crippen MR) is 68.0 cm³/mol. The lowest BCUT2D eigenvalue weighted by atomic mass is 9.61. The van der Waals surface area contributed by atoms with Crippen molar-refractivity contribution in [2.24, 2.45) is 17.8 Å². The van der Waals surface area contributed by atoms with Gasteiger partial charge in [0.05, 0.1) is 6.61 Å². The van der Waals surface area contributed by atoms with E-state index in [1.807, 2.05) is 0 Å². The summed E-state index contributed by atoms with van der Waals surface area (Å²) in [5.41, 5.74) is -0.342. The van der Waals surface area contributed by atoms with Crippen LogP contribution >= 0.6 is 0 Å². The smallest absolute Gasteiger partial charge is 0.204 e. The lowest BCUT2D eigenvalue weighted by molar-refractivity contribution is -0.567. The topological polar surface area (TPSA) is 36.9 Å². The second-order valence-corrected chi connectivity index (χ2v) is 6.79. The van der Waals surface area contributed by atoms with Gasteiger partial charge in [-0.15, -0.1) is 0 Å². The zero-order valence-corrected chi connectivity index (χ0v) is 11.9. The highest BCUT2D eigenvalue weighted by Gasteiger charge is 2.67. The summed E-state index contributed by atoms with van der Waals surface area (Å²) in [4.78, 5) is 11.9. The Kier molecular flexibility index (Phi) is 2.76. The molecule has 4 nitrogen and oxygen atoms in total. The molecule has 5 rings (SSSR count). The Labute approximate surface area is 114 Å². The van der Waals surface area contributed by atoms with Crippen LogP contribution in [0.4, 0.5) is 0 Å². The van der Waals surface area contributed by atoms with Crippen molar-refractivity contribution in [2.75, 3.05) is 6.61 Å². The van der Waals surface area contributed by atoms with Gasteiger partial charge in [0.25, 0.3) is 0 Å². The Morgan fingerprint density at radius 2 is 2.00 bits per heavy atom. The van der Waals surface area contributed by atoms with Crippen molar-refractivity contribution in [3.63, 3.8) is 0 Å². The molecule has 1 aliphatic carbocycles. The Bertz CT molecular complexity index is 369. The Hall–Kier alpha value is -0.160. The molecule has 2 bridgehead atoms. The van der Waals surface area contributed by atoms with Gasteiger partial charge in [-0.1, -0.05) is 13.8 Å². The van der Waals surface area contributed by atoms with Gasteiger partial charge in [-0.3, -0.25) is 0 Å². The standard InChI is InChI=1S/C15H24O4/c1-3-14-8-6-12-10(2)4-5-11-7-9-16-13(17-14)15(11,12)19-18-14/h10-13H,3-9H2,1-2H3/t10-,11+,12+,13-,14-,15-/m1/s1. The van der Waals surface area contributed by atoms with Gasteiger partial charge >= 0.3 is 0 Å². The van der Waals surface area contributed by atoms with E-state index < -0.39 is 5.79 Å². The fourth-order valence-corrected chi connectivity index (χ4v) is 4.79. The van der Waals surface area contributed by atoms with Gasteiger partial charge in [0.1, 0.15) is 0 Å². The lowest BCUT2D eigenvalue weighted by Crippen LogP contribution is -2.67. The largest absolute Gasteiger partial charge is 0.349 e. The summed E-state index contributed by atoms with van der Waals surface area (Å²) in [5, 5.41) is 0. The van der Waals surface area contributed by atoms with E-state index in [2.05, 4.69) is 13.8 Å². The molecule has 6 atom stereocenters. The van der Waals surface area contributed by atoms with Gasteiger partial charge < -0.3 is 9.47 Å². The molecule has 0 aromatic rings. The number of fused-ring (bicyclic) bond motifs is 2. The molecule has 1 spiro atoms. The van der Waals surface area contributed by atoms with Crippen LogP contribution in [0.5, 0.6) is 0 Å². The van der Waals surface area contributed by atoms with Crippen LogP contribution in [0.3, 0.4) is 0 Å². The number of ether oxygens (including phenoxy) is 2. The Morgan fingerprint density at radius 1 is 1.11 bits per heavy atom. The molecule has 5 fully saturated rings. The van der Waals surface area contributed by atoms with Gasteiger partial charge in [-0.05, 0) is 43.4 Å². The van der Waals surface area contributed by atoms with Crippen LogP contribution in [0.15, 0.2) is 0 Å². The monoisotopic (exact) mass is 268 g/mol. The van der Waals surface area contributed by atoms with Crippen LogP contribution in [-0.4, -0.2) is 24.3 Å². The van der Waals surface area contributed by atoms with Crippen molar-refractivity contribution in [3.8, 4) is 0 Å². The summed E-state index contributed by atoms with van der Waals surface area (Å²) in [6.45, 7) is 5.24. The number of rotatable bonds is 1. The molecule has 108 valence electrons. The molecular weight excluding hydrogens is 244 g/mol. The van der Waals surface area contributed by atoms with Crippen molar-refractivity contribution in [1.29, 1.82) is 0 Å². The van der Waals surface area contributed by atoms with Crippen LogP contribution in [0.2, 0.25) is 0 Å². The molecule has 19 heavy (non-hydrogen) atoms. The first-order valence-electron chi connectivity index (χ1n) is 7.86. The van der Waals surface area contributed by atoms with Crippen molar-refractivity contribution in [3.05, 3.63) is 0 Å². The van der Waals surface area contributed by atoms with Crippen LogP contribution in [0, 0.1) is 17.8 Å². The van der Waals surface area contributed by atoms with E-state index >= 15 is 0 Å². The summed E-state index contributed by atoms with van der Waals surface area (Å²) in [6.07, 6.45) is 6.23. The second-order valence-electron chi connectivity index (χ2n) is 6.79. The van der Waals surface area contributed by atoms with E-state index in [4.69, 9.17) is 19.2 Å². The minimum atomic E-state index is -0.575. The van der Waals surface area contributed by atoms with E-state index in [0.717, 1.165) is 32.3 Å². The minimum Gasteiger partial charge on any atom is -0.349 e. The van der Waals surface area contributed by atoms with Crippen molar-refractivity contribution in [1.82, 2.24) is 0 Å². The van der Waals surface area contributed by atoms with E-state index in [9.17, 15) is 0 Å². The lowest BCUT2D eigenvalue weighted by Gasteiger charge is -2.57. The van der Waals surface area contributed by atoms with Crippen molar-refractivity contribution < 1.29 is 19.2 Å². The SMILES string of the molecule is CC[C@@]12CC[C@H]3[C@H](C)CC[C@H]4CCO[C@H](O1)[C@@]43OO2. The third-order valence-electron chi connectivity index (χ3n) is 6.01.